The number of nitrogens with zero attached hydrogens (tertiary/aromatic N) is 4. The Morgan fingerprint density at radius 2 is 1.15 bits per heavy atom. The first kappa shape index (κ1) is 29.2. The van der Waals surface area contributed by atoms with E-state index >= 15 is 0 Å². The number of hydrogen-bond acceptors (Lipinski definition) is 10. The fourth-order valence-electron chi connectivity index (χ4n) is 12.0. The van der Waals surface area contributed by atoms with Crippen molar-refractivity contribution in [3.63, 3.8) is 0 Å². The predicted octanol–water partition coefficient (Wildman–Crippen LogP) is 3.28. The fourth-order valence-corrected chi connectivity index (χ4v) is 12.0. The molecule has 8 aliphatic rings. The molecule has 2 aromatic rings. The van der Waals surface area contributed by atoms with Crippen LogP contribution < -0.4 is 9.47 Å². The molecular weight excluding hydrogens is 608 g/mol. The Kier molecular flexibility index (Phi) is 5.79. The number of ether oxygens (including phenoxy) is 2. The van der Waals surface area contributed by atoms with Gasteiger partial charge in [-0.3, -0.25) is 9.80 Å². The zero-order chi connectivity index (χ0) is 32.8. The summed E-state index contributed by atoms with van der Waals surface area (Å²) < 4.78 is 13.3. The molecular formula is C38H42N4O6. The van der Waals surface area contributed by atoms with Crippen molar-refractivity contribution >= 4 is 11.4 Å². The Bertz CT molecular complexity index is 1740. The van der Waals surface area contributed by atoms with E-state index in [0.29, 0.717) is 76.0 Å². The zero-order valence-corrected chi connectivity index (χ0v) is 27.1. The molecule has 2 aromatic carbocycles. The van der Waals surface area contributed by atoms with E-state index in [1.54, 1.807) is 12.1 Å². The van der Waals surface area contributed by atoms with Gasteiger partial charge in [0, 0.05) is 49.4 Å². The van der Waals surface area contributed by atoms with Crippen molar-refractivity contribution < 1.29 is 29.9 Å². The van der Waals surface area contributed by atoms with Crippen LogP contribution in [0.15, 0.2) is 59.8 Å². The van der Waals surface area contributed by atoms with Gasteiger partial charge in [0.25, 0.3) is 0 Å². The van der Waals surface area contributed by atoms with Gasteiger partial charge < -0.3 is 29.9 Å². The smallest absolute Gasteiger partial charge is 0.166 e. The average molecular weight is 651 g/mol. The quantitative estimate of drug-likeness (QED) is 0.287. The molecule has 4 N–H and O–H groups in total. The maximum absolute atomic E-state index is 12.7. The van der Waals surface area contributed by atoms with E-state index in [0.717, 1.165) is 46.8 Å². The second-order valence-corrected chi connectivity index (χ2v) is 15.4. The summed E-state index contributed by atoms with van der Waals surface area (Å²) in [5.74, 6) is 1.11. The lowest BCUT2D eigenvalue weighted by atomic mass is 9.48. The molecule has 0 radical (unpaired) electrons. The summed E-state index contributed by atoms with van der Waals surface area (Å²) in [6.45, 7) is 10.9. The Hall–Kier alpha value is -3.70. The van der Waals surface area contributed by atoms with Gasteiger partial charge in [-0.2, -0.15) is 10.2 Å². The van der Waals surface area contributed by atoms with Gasteiger partial charge in [-0.25, -0.2) is 0 Å². The third-order valence-electron chi connectivity index (χ3n) is 13.8. The predicted molar refractivity (Wildman–Crippen MR) is 179 cm³/mol. The first-order valence-corrected chi connectivity index (χ1v) is 17.5. The molecule has 2 spiro atoms. The van der Waals surface area contributed by atoms with Gasteiger partial charge >= 0.3 is 0 Å². The summed E-state index contributed by atoms with van der Waals surface area (Å²) in [6, 6.07) is 7.18. The fraction of sp³-hybridized carbons (Fsp3) is 0.526. The van der Waals surface area contributed by atoms with Gasteiger partial charge in [-0.15, -0.1) is 13.2 Å². The molecule has 2 saturated heterocycles. The lowest BCUT2D eigenvalue weighted by Gasteiger charge is -2.63. The van der Waals surface area contributed by atoms with E-state index in [1.165, 1.54) is 0 Å². The Morgan fingerprint density at radius 1 is 0.708 bits per heavy atom. The van der Waals surface area contributed by atoms with Crippen LogP contribution in [0, 0.1) is 0 Å². The van der Waals surface area contributed by atoms with Crippen LogP contribution in [-0.4, -0.2) is 103 Å². The first-order valence-electron chi connectivity index (χ1n) is 17.5. The van der Waals surface area contributed by atoms with E-state index < -0.39 is 34.2 Å². The van der Waals surface area contributed by atoms with Crippen LogP contribution in [0.3, 0.4) is 0 Å². The highest BCUT2D eigenvalue weighted by atomic mass is 16.5. The molecule has 4 heterocycles. The second kappa shape index (κ2) is 9.50. The maximum atomic E-state index is 12.7. The molecule has 2 unspecified atom stereocenters. The van der Waals surface area contributed by atoms with E-state index in [2.05, 4.69) is 23.0 Å². The molecule has 250 valence electrons. The number of rotatable bonds is 5. The SMILES string of the molecule is C=CCN1CC[C@]23c4c5ccc(O)c4O[C@H]2/C(=N/N=C2\CC[C@@]4(O)C6Cc7ccc(O)c8c7[C@@]4(CCN6CC=C)[C@H]2O8)CC[C@@]3(O)C1C5. The normalized spacial score (nSPS) is 41.4. The Labute approximate surface area is 279 Å². The van der Waals surface area contributed by atoms with Gasteiger partial charge in [-0.05, 0) is 74.6 Å². The molecule has 10 nitrogen and oxygen atoms in total. The van der Waals surface area contributed by atoms with Crippen molar-refractivity contribution in [1.82, 2.24) is 9.80 Å². The summed E-state index contributed by atoms with van der Waals surface area (Å²) in [5.41, 5.74) is 1.99. The number of phenols is 2. The molecule has 2 saturated carbocycles. The van der Waals surface area contributed by atoms with E-state index in [4.69, 9.17) is 19.7 Å². The number of phenolic OH excluding ortho intramolecular Hbond substituents is 2. The van der Waals surface area contributed by atoms with Crippen LogP contribution >= 0.6 is 0 Å². The standard InChI is InChI=1S/C38H42N4O6/c1-3-15-41-17-13-35-29-21-5-7-25(43)31(29)47-33(35)23(9-11-37(35,45)27(41)19-21)39-40-24-10-12-38(46)28-20-22-6-8-26(44)32-30(22)36(38,34(24)48-32)14-18-42(28)16-4-2/h3-8,27-28,33-34,43-46H,1-2,9-20H2/b39-23+,40-24+/t27?,28?,33-,34-,35-,36-,37+,38+/m0/s1. The zero-order valence-electron chi connectivity index (χ0n) is 27.1. The lowest BCUT2D eigenvalue weighted by molar-refractivity contribution is -0.164. The van der Waals surface area contributed by atoms with Crippen molar-refractivity contribution in [3.05, 3.63) is 71.8 Å². The highest BCUT2D eigenvalue weighted by Gasteiger charge is 2.74. The number of aliphatic hydroxyl groups is 2. The summed E-state index contributed by atoms with van der Waals surface area (Å²) in [7, 11) is 0. The molecule has 0 aromatic heterocycles. The topological polar surface area (TPSA) is 131 Å². The van der Waals surface area contributed by atoms with E-state index in [-0.39, 0.29) is 23.6 Å². The molecule has 48 heavy (non-hydrogen) atoms. The number of hydrogen-bond donors (Lipinski definition) is 4. The van der Waals surface area contributed by atoms with Gasteiger partial charge in [0.05, 0.1) is 33.5 Å². The van der Waals surface area contributed by atoms with Gasteiger partial charge in [0.1, 0.15) is 0 Å². The molecule has 10 rings (SSSR count). The molecule has 4 bridgehead atoms. The van der Waals surface area contributed by atoms with Crippen LogP contribution in [0.25, 0.3) is 0 Å². The third-order valence-corrected chi connectivity index (χ3v) is 13.8. The average Bonchev–Trinajstić information content (AvgIpc) is 3.61. The number of benzene rings is 2. The lowest BCUT2D eigenvalue weighted by Crippen LogP contribution is -2.76. The van der Waals surface area contributed by atoms with Crippen molar-refractivity contribution in [2.24, 2.45) is 10.2 Å². The van der Waals surface area contributed by atoms with Crippen molar-refractivity contribution in [2.75, 3.05) is 26.2 Å². The molecule has 10 heteroatoms. The van der Waals surface area contributed by atoms with E-state index in [1.807, 2.05) is 24.3 Å². The van der Waals surface area contributed by atoms with Crippen LogP contribution in [0.4, 0.5) is 0 Å². The Balaban J connectivity index is 1.08. The van der Waals surface area contributed by atoms with Crippen LogP contribution in [0.2, 0.25) is 0 Å². The minimum atomic E-state index is -1.06. The molecule has 4 fully saturated rings. The number of likely N-dealkylation sites (tertiary alicyclic amines) is 2. The monoisotopic (exact) mass is 650 g/mol. The molecule has 4 aliphatic heterocycles. The number of piperidine rings is 2. The summed E-state index contributed by atoms with van der Waals surface area (Å²) >= 11 is 0. The van der Waals surface area contributed by atoms with Gasteiger partial charge in [-0.1, -0.05) is 24.3 Å². The summed E-state index contributed by atoms with van der Waals surface area (Å²) in [5, 5.41) is 57.4. The largest absolute Gasteiger partial charge is 0.504 e. The first-order chi connectivity index (χ1) is 23.2. The van der Waals surface area contributed by atoms with Gasteiger partial charge in [0.2, 0.25) is 0 Å². The van der Waals surface area contributed by atoms with Crippen LogP contribution in [0.1, 0.15) is 60.8 Å². The highest BCUT2D eigenvalue weighted by Crippen LogP contribution is 2.66. The number of aromatic hydroxyl groups is 2. The van der Waals surface area contributed by atoms with E-state index in [9.17, 15) is 20.4 Å². The minimum absolute atomic E-state index is 0.0885. The van der Waals surface area contributed by atoms with Crippen molar-refractivity contribution in [2.45, 2.75) is 97.7 Å². The van der Waals surface area contributed by atoms with Crippen LogP contribution in [0.5, 0.6) is 23.0 Å². The van der Waals surface area contributed by atoms with Crippen molar-refractivity contribution in [3.8, 4) is 23.0 Å². The minimum Gasteiger partial charge on any atom is -0.504 e. The molecule has 8 atom stereocenters. The molecule has 0 amide bonds. The Morgan fingerprint density at radius 3 is 1.56 bits per heavy atom. The molecule has 4 aliphatic carbocycles. The van der Waals surface area contributed by atoms with Crippen molar-refractivity contribution in [1.29, 1.82) is 0 Å². The summed E-state index contributed by atoms with van der Waals surface area (Å²) in [4.78, 5) is 4.68. The summed E-state index contributed by atoms with van der Waals surface area (Å²) in [6.07, 6.45) is 7.42. The second-order valence-electron chi connectivity index (χ2n) is 15.4. The maximum Gasteiger partial charge on any atom is 0.166 e. The van der Waals surface area contributed by atoms with Gasteiger partial charge in [0.15, 0.2) is 35.2 Å². The highest BCUT2D eigenvalue weighted by molar-refractivity contribution is 5.97. The van der Waals surface area contributed by atoms with Crippen LogP contribution in [-0.2, 0) is 23.7 Å². The third kappa shape index (κ3) is 3.15.